The monoisotopic (exact) mass is 245 g/mol. The number of hydrogen-bond donors (Lipinski definition) is 1. The van der Waals surface area contributed by atoms with Crippen LogP contribution < -0.4 is 0 Å². The van der Waals surface area contributed by atoms with Crippen LogP contribution >= 0.6 is 0 Å². The van der Waals surface area contributed by atoms with Crippen LogP contribution in [-0.4, -0.2) is 25.2 Å². The standard InChI is InChI=1S/C12H23NO2S/c14-16(15)13(11-7-3-1-4-8-11)12-9-5-2-6-10-12/h11-12H,1-10H2,(H,14,15). The van der Waals surface area contributed by atoms with Gasteiger partial charge in [-0.3, -0.25) is 4.55 Å². The highest BCUT2D eigenvalue weighted by Crippen LogP contribution is 2.30. The molecule has 2 rings (SSSR count). The molecule has 0 aromatic carbocycles. The van der Waals surface area contributed by atoms with Gasteiger partial charge in [-0.2, -0.15) is 4.31 Å². The topological polar surface area (TPSA) is 40.5 Å². The van der Waals surface area contributed by atoms with Crippen LogP contribution in [0.15, 0.2) is 0 Å². The van der Waals surface area contributed by atoms with E-state index in [0.29, 0.717) is 12.1 Å². The summed E-state index contributed by atoms with van der Waals surface area (Å²) in [5.74, 6) is 0. The van der Waals surface area contributed by atoms with Gasteiger partial charge in [-0.1, -0.05) is 38.5 Å². The minimum absolute atomic E-state index is 0.364. The van der Waals surface area contributed by atoms with Crippen molar-refractivity contribution in [1.29, 1.82) is 0 Å². The third kappa shape index (κ3) is 3.05. The Hall–Kier alpha value is 0.0700. The Morgan fingerprint density at radius 3 is 1.50 bits per heavy atom. The van der Waals surface area contributed by atoms with Crippen molar-refractivity contribution >= 4 is 11.3 Å². The van der Waals surface area contributed by atoms with Gasteiger partial charge < -0.3 is 0 Å². The molecule has 0 radical (unpaired) electrons. The first-order chi connectivity index (χ1) is 7.79. The molecular weight excluding hydrogens is 222 g/mol. The van der Waals surface area contributed by atoms with E-state index < -0.39 is 11.3 Å². The van der Waals surface area contributed by atoms with Crippen LogP contribution in [0.4, 0.5) is 0 Å². The van der Waals surface area contributed by atoms with Crippen molar-refractivity contribution < 1.29 is 8.76 Å². The molecule has 0 saturated heterocycles. The van der Waals surface area contributed by atoms with E-state index in [2.05, 4.69) is 0 Å². The summed E-state index contributed by atoms with van der Waals surface area (Å²) in [7, 11) is 0. The minimum Gasteiger partial charge on any atom is -0.294 e. The van der Waals surface area contributed by atoms with Gasteiger partial charge in [0, 0.05) is 12.1 Å². The van der Waals surface area contributed by atoms with Gasteiger partial charge in [0.2, 0.25) is 11.3 Å². The predicted octanol–water partition coefficient (Wildman–Crippen LogP) is 3.09. The molecule has 94 valence electrons. The second kappa shape index (κ2) is 6.12. The fraction of sp³-hybridized carbons (Fsp3) is 1.00. The summed E-state index contributed by atoms with van der Waals surface area (Å²) in [5, 5.41) is 0. The lowest BCUT2D eigenvalue weighted by atomic mass is 9.91. The summed E-state index contributed by atoms with van der Waals surface area (Å²) in [4.78, 5) is 0. The molecular formula is C12H23NO2S. The first-order valence-corrected chi connectivity index (χ1v) is 7.74. The quantitative estimate of drug-likeness (QED) is 0.776. The smallest absolute Gasteiger partial charge is 0.235 e. The number of nitrogens with zero attached hydrogens (tertiary/aromatic N) is 1. The highest BCUT2D eigenvalue weighted by molar-refractivity contribution is 7.76. The minimum atomic E-state index is -1.77. The van der Waals surface area contributed by atoms with Crippen molar-refractivity contribution in [2.75, 3.05) is 0 Å². The average Bonchev–Trinajstić information content (AvgIpc) is 2.31. The van der Waals surface area contributed by atoms with Gasteiger partial charge in [0.25, 0.3) is 0 Å². The Morgan fingerprint density at radius 2 is 1.19 bits per heavy atom. The summed E-state index contributed by atoms with van der Waals surface area (Å²) in [5.41, 5.74) is 0. The molecule has 0 bridgehead atoms. The van der Waals surface area contributed by atoms with E-state index >= 15 is 0 Å². The van der Waals surface area contributed by atoms with Crippen molar-refractivity contribution in [3.05, 3.63) is 0 Å². The third-order valence-electron chi connectivity index (χ3n) is 4.05. The van der Waals surface area contributed by atoms with Gasteiger partial charge in [-0.25, -0.2) is 4.21 Å². The van der Waals surface area contributed by atoms with Gasteiger partial charge in [-0.15, -0.1) is 0 Å². The van der Waals surface area contributed by atoms with Gasteiger partial charge in [0.05, 0.1) is 0 Å². The van der Waals surface area contributed by atoms with Crippen molar-refractivity contribution in [3.63, 3.8) is 0 Å². The Balaban J connectivity index is 1.99. The molecule has 4 heteroatoms. The highest BCUT2D eigenvalue weighted by Gasteiger charge is 2.32. The summed E-state index contributed by atoms with van der Waals surface area (Å²) in [6.07, 6.45) is 12.0. The lowest BCUT2D eigenvalue weighted by Gasteiger charge is -2.38. The summed E-state index contributed by atoms with van der Waals surface area (Å²) < 4.78 is 23.0. The lowest BCUT2D eigenvalue weighted by Crippen LogP contribution is -2.45. The molecule has 0 amide bonds. The van der Waals surface area contributed by atoms with E-state index in [4.69, 9.17) is 0 Å². The molecule has 2 fully saturated rings. The Morgan fingerprint density at radius 1 is 0.812 bits per heavy atom. The van der Waals surface area contributed by atoms with E-state index in [1.165, 1.54) is 38.5 Å². The molecule has 1 atom stereocenters. The van der Waals surface area contributed by atoms with Gasteiger partial charge >= 0.3 is 0 Å². The maximum absolute atomic E-state index is 11.5. The maximum Gasteiger partial charge on any atom is 0.235 e. The molecule has 0 aromatic rings. The summed E-state index contributed by atoms with van der Waals surface area (Å²) >= 11 is -1.77. The van der Waals surface area contributed by atoms with Gasteiger partial charge in [-0.05, 0) is 25.7 Å². The van der Waals surface area contributed by atoms with Crippen molar-refractivity contribution in [3.8, 4) is 0 Å². The molecule has 1 unspecified atom stereocenters. The van der Waals surface area contributed by atoms with Crippen LogP contribution in [0.3, 0.4) is 0 Å². The van der Waals surface area contributed by atoms with Gasteiger partial charge in [0.1, 0.15) is 0 Å². The van der Waals surface area contributed by atoms with E-state index in [1.54, 1.807) is 0 Å². The Labute approximate surface area is 101 Å². The molecule has 0 heterocycles. The van der Waals surface area contributed by atoms with Crippen molar-refractivity contribution in [2.24, 2.45) is 0 Å². The lowest BCUT2D eigenvalue weighted by molar-refractivity contribution is 0.167. The second-order valence-electron chi connectivity index (χ2n) is 5.17. The predicted molar refractivity (Wildman–Crippen MR) is 66.4 cm³/mol. The zero-order chi connectivity index (χ0) is 11.4. The summed E-state index contributed by atoms with van der Waals surface area (Å²) in [6.45, 7) is 0. The highest BCUT2D eigenvalue weighted by atomic mass is 32.2. The van der Waals surface area contributed by atoms with Crippen LogP contribution in [0.2, 0.25) is 0 Å². The zero-order valence-electron chi connectivity index (χ0n) is 9.94. The van der Waals surface area contributed by atoms with Crippen LogP contribution in [0.5, 0.6) is 0 Å². The molecule has 2 aliphatic carbocycles. The van der Waals surface area contributed by atoms with Crippen LogP contribution in [-0.2, 0) is 11.3 Å². The zero-order valence-corrected chi connectivity index (χ0v) is 10.8. The largest absolute Gasteiger partial charge is 0.294 e. The molecule has 0 spiro atoms. The Kier molecular flexibility index (Phi) is 4.79. The van der Waals surface area contributed by atoms with Crippen LogP contribution in [0.25, 0.3) is 0 Å². The van der Waals surface area contributed by atoms with Crippen LogP contribution in [0, 0.1) is 0 Å². The normalized spacial score (nSPS) is 27.1. The van der Waals surface area contributed by atoms with Crippen molar-refractivity contribution in [2.45, 2.75) is 76.3 Å². The molecule has 2 saturated carbocycles. The fourth-order valence-corrected chi connectivity index (χ4v) is 4.16. The molecule has 2 aliphatic rings. The van der Waals surface area contributed by atoms with Crippen LogP contribution in [0.1, 0.15) is 64.2 Å². The number of hydrogen-bond acceptors (Lipinski definition) is 1. The third-order valence-corrected chi connectivity index (χ3v) is 5.01. The SMILES string of the molecule is O=S(O)N(C1CCCCC1)C1CCCCC1. The average molecular weight is 245 g/mol. The molecule has 0 aromatic heterocycles. The molecule has 16 heavy (non-hydrogen) atoms. The Bertz CT molecular complexity index is 217. The fourth-order valence-electron chi connectivity index (χ4n) is 3.22. The first kappa shape index (κ1) is 12.5. The van der Waals surface area contributed by atoms with Crippen molar-refractivity contribution in [1.82, 2.24) is 4.31 Å². The summed E-state index contributed by atoms with van der Waals surface area (Å²) in [6, 6.07) is 0.727. The molecule has 0 aliphatic heterocycles. The maximum atomic E-state index is 11.5. The van der Waals surface area contributed by atoms with E-state index in [1.807, 2.05) is 4.31 Å². The first-order valence-electron chi connectivity index (χ1n) is 6.68. The van der Waals surface area contributed by atoms with E-state index in [9.17, 15) is 8.76 Å². The number of rotatable bonds is 3. The molecule has 1 N–H and O–H groups in total. The second-order valence-corrected chi connectivity index (χ2v) is 6.06. The van der Waals surface area contributed by atoms with Gasteiger partial charge in [0.15, 0.2) is 0 Å². The van der Waals surface area contributed by atoms with E-state index in [0.717, 1.165) is 25.7 Å². The molecule has 3 nitrogen and oxygen atoms in total. The van der Waals surface area contributed by atoms with E-state index in [-0.39, 0.29) is 0 Å².